The van der Waals surface area contributed by atoms with Crippen molar-refractivity contribution in [3.05, 3.63) is 130 Å². The van der Waals surface area contributed by atoms with Crippen LogP contribution >= 0.6 is 0 Å². The van der Waals surface area contributed by atoms with Crippen molar-refractivity contribution in [2.24, 2.45) is 9.98 Å². The zero-order chi connectivity index (χ0) is 27.0. The summed E-state index contributed by atoms with van der Waals surface area (Å²) in [5, 5.41) is 19.9. The lowest BCUT2D eigenvalue weighted by molar-refractivity contribution is -0.112. The van der Waals surface area contributed by atoms with Crippen molar-refractivity contribution < 1.29 is 15.0 Å². The Morgan fingerprint density at radius 1 is 0.590 bits per heavy atom. The normalized spacial score (nSPS) is 16.1. The van der Waals surface area contributed by atoms with Gasteiger partial charge in [0.05, 0.1) is 11.4 Å². The highest BCUT2D eigenvalue weighted by Crippen LogP contribution is 2.29. The number of phenolic OH excluding ortho intramolecular Hbond substituents is 2. The molecule has 39 heavy (non-hydrogen) atoms. The van der Waals surface area contributed by atoms with E-state index in [4.69, 9.17) is 0 Å². The predicted octanol–water partition coefficient (Wildman–Crippen LogP) is 7.82. The van der Waals surface area contributed by atoms with Gasteiger partial charge < -0.3 is 10.2 Å². The van der Waals surface area contributed by atoms with Gasteiger partial charge in [-0.1, -0.05) is 48.5 Å². The lowest BCUT2D eigenvalue weighted by Gasteiger charge is -2.16. The Morgan fingerprint density at radius 2 is 1.05 bits per heavy atom. The van der Waals surface area contributed by atoms with Crippen LogP contribution in [-0.2, 0) is 4.79 Å². The molecule has 0 radical (unpaired) electrons. The van der Waals surface area contributed by atoms with Gasteiger partial charge in [0.25, 0.3) is 0 Å². The molecule has 5 rings (SSSR count). The molecule has 0 aliphatic heterocycles. The zero-order valence-electron chi connectivity index (χ0n) is 21.4. The summed E-state index contributed by atoms with van der Waals surface area (Å²) in [6.45, 7) is 0. The molecular weight excluding hydrogens is 484 g/mol. The van der Waals surface area contributed by atoms with Crippen molar-refractivity contribution in [1.29, 1.82) is 0 Å². The summed E-state index contributed by atoms with van der Waals surface area (Å²) in [6, 6.07) is 29.5. The van der Waals surface area contributed by atoms with E-state index in [0.29, 0.717) is 11.1 Å². The lowest BCUT2D eigenvalue weighted by Crippen LogP contribution is -2.12. The van der Waals surface area contributed by atoms with E-state index >= 15 is 0 Å². The highest BCUT2D eigenvalue weighted by Gasteiger charge is 2.20. The predicted molar refractivity (Wildman–Crippen MR) is 158 cm³/mol. The maximum atomic E-state index is 13.3. The molecule has 5 heteroatoms. The maximum Gasteiger partial charge on any atom is 0.185 e. The van der Waals surface area contributed by atoms with Crippen LogP contribution in [0, 0.1) is 0 Å². The summed E-state index contributed by atoms with van der Waals surface area (Å²) in [4.78, 5) is 22.3. The summed E-state index contributed by atoms with van der Waals surface area (Å²) in [6.07, 6.45) is 9.52. The first kappa shape index (κ1) is 25.6. The van der Waals surface area contributed by atoms with Crippen LogP contribution in [0.5, 0.6) is 11.5 Å². The van der Waals surface area contributed by atoms with Gasteiger partial charge in [-0.15, -0.1) is 0 Å². The molecule has 0 aromatic heterocycles. The topological polar surface area (TPSA) is 82.2 Å². The maximum absolute atomic E-state index is 13.3. The molecule has 1 aliphatic rings. The first-order chi connectivity index (χ1) is 19.0. The largest absolute Gasteiger partial charge is 0.507 e. The standard InChI is InChI=1S/C34H28N2O3/c37-32-16-3-1-10-28(32)22-35-30-14-5-8-24(20-30)18-26-12-7-13-27(34(26)39)19-25-9-6-15-31(21-25)36-23-29-11-2-4-17-33(29)38/h1-6,8-11,14-23,37-38H,7,12-13H2/b26-18+,27-19+,35-22?,36-23?. The quantitative estimate of drug-likeness (QED) is 0.204. The van der Waals surface area contributed by atoms with Crippen molar-refractivity contribution in [3.63, 3.8) is 0 Å². The Bertz CT molecular complexity index is 1510. The molecule has 4 aromatic rings. The number of aromatic hydroxyl groups is 2. The Morgan fingerprint density at radius 3 is 1.51 bits per heavy atom. The third kappa shape index (κ3) is 6.65. The fourth-order valence-electron chi connectivity index (χ4n) is 4.45. The highest BCUT2D eigenvalue weighted by molar-refractivity contribution is 6.14. The second-order valence-corrected chi connectivity index (χ2v) is 9.35. The number of carbonyl (C=O) groups excluding carboxylic acids is 1. The van der Waals surface area contributed by atoms with Gasteiger partial charge in [0.1, 0.15) is 11.5 Å². The summed E-state index contributed by atoms with van der Waals surface area (Å²) in [7, 11) is 0. The number of aliphatic imine (C=N–C) groups is 2. The smallest absolute Gasteiger partial charge is 0.185 e. The minimum absolute atomic E-state index is 0.0625. The Balaban J connectivity index is 1.33. The summed E-state index contributed by atoms with van der Waals surface area (Å²) in [5.41, 5.74) is 6.16. The lowest BCUT2D eigenvalue weighted by atomic mass is 9.87. The van der Waals surface area contributed by atoms with E-state index in [0.717, 1.165) is 52.9 Å². The number of hydrogen-bond donors (Lipinski definition) is 2. The average molecular weight is 513 g/mol. The molecule has 0 heterocycles. The number of rotatable bonds is 6. The second-order valence-electron chi connectivity index (χ2n) is 9.35. The second kappa shape index (κ2) is 12.0. The van der Waals surface area contributed by atoms with E-state index in [1.807, 2.05) is 72.8 Å². The first-order valence-corrected chi connectivity index (χ1v) is 12.9. The third-order valence-corrected chi connectivity index (χ3v) is 6.48. The van der Waals surface area contributed by atoms with Crippen LogP contribution in [0.25, 0.3) is 12.2 Å². The van der Waals surface area contributed by atoms with Gasteiger partial charge in [-0.25, -0.2) is 0 Å². The number of nitrogens with zero attached hydrogens (tertiary/aromatic N) is 2. The SMILES string of the molecule is O=C1/C(=C/c2cccc(N=Cc3ccccc3O)c2)CCC/C1=C\c1cccc(N=Cc2ccccc2O)c1. The van der Waals surface area contributed by atoms with Gasteiger partial charge >= 0.3 is 0 Å². The van der Waals surface area contributed by atoms with Crippen molar-refractivity contribution in [2.45, 2.75) is 19.3 Å². The van der Waals surface area contributed by atoms with Crippen molar-refractivity contribution in [1.82, 2.24) is 0 Å². The van der Waals surface area contributed by atoms with E-state index in [9.17, 15) is 15.0 Å². The summed E-state index contributed by atoms with van der Waals surface area (Å²) in [5.74, 6) is 0.423. The molecule has 0 atom stereocenters. The van der Waals surface area contributed by atoms with E-state index in [1.54, 1.807) is 48.8 Å². The average Bonchev–Trinajstić information content (AvgIpc) is 2.95. The van der Waals surface area contributed by atoms with Gasteiger partial charge in [-0.05, 0) is 91.1 Å². The van der Waals surface area contributed by atoms with Crippen LogP contribution in [0.3, 0.4) is 0 Å². The number of para-hydroxylation sites is 2. The molecule has 0 saturated heterocycles. The molecule has 0 unspecified atom stereocenters. The third-order valence-electron chi connectivity index (χ3n) is 6.48. The minimum Gasteiger partial charge on any atom is -0.507 e. The Hall–Kier alpha value is -5.03. The van der Waals surface area contributed by atoms with Crippen LogP contribution < -0.4 is 0 Å². The minimum atomic E-state index is 0.0625. The van der Waals surface area contributed by atoms with Crippen molar-refractivity contribution in [2.75, 3.05) is 0 Å². The van der Waals surface area contributed by atoms with Crippen molar-refractivity contribution >= 4 is 41.7 Å². The van der Waals surface area contributed by atoms with E-state index in [1.165, 1.54) is 0 Å². The molecule has 0 amide bonds. The number of allylic oxidation sites excluding steroid dienone is 2. The number of ketones is 1. The highest BCUT2D eigenvalue weighted by atomic mass is 16.3. The van der Waals surface area contributed by atoms with Crippen LogP contribution in [0.1, 0.15) is 41.5 Å². The zero-order valence-corrected chi connectivity index (χ0v) is 21.4. The van der Waals surface area contributed by atoms with E-state index < -0.39 is 0 Å². The van der Waals surface area contributed by atoms with Gasteiger partial charge in [-0.3, -0.25) is 14.8 Å². The monoisotopic (exact) mass is 512 g/mol. The summed E-state index contributed by atoms with van der Waals surface area (Å²) < 4.78 is 0. The van der Waals surface area contributed by atoms with Gasteiger partial charge in [0.2, 0.25) is 0 Å². The van der Waals surface area contributed by atoms with E-state index in [2.05, 4.69) is 9.98 Å². The molecule has 0 bridgehead atoms. The molecule has 5 nitrogen and oxygen atoms in total. The molecule has 192 valence electrons. The molecule has 1 saturated carbocycles. The number of Topliss-reactive ketones (excluding diaryl/α,β-unsaturated/α-hetero) is 1. The number of phenols is 2. The van der Waals surface area contributed by atoms with E-state index in [-0.39, 0.29) is 17.3 Å². The first-order valence-electron chi connectivity index (χ1n) is 12.9. The molecular formula is C34H28N2O3. The fourth-order valence-corrected chi connectivity index (χ4v) is 4.45. The molecule has 1 fully saturated rings. The number of benzene rings is 4. The molecule has 4 aromatic carbocycles. The van der Waals surface area contributed by atoms with Crippen LogP contribution in [0.2, 0.25) is 0 Å². The van der Waals surface area contributed by atoms with Gasteiger partial charge in [0, 0.05) is 34.7 Å². The van der Waals surface area contributed by atoms with Gasteiger partial charge in [-0.2, -0.15) is 0 Å². The fraction of sp³-hybridized carbons (Fsp3) is 0.0882. The van der Waals surface area contributed by atoms with Crippen LogP contribution in [-0.4, -0.2) is 28.4 Å². The Labute approximate surface area is 227 Å². The Kier molecular flexibility index (Phi) is 7.89. The molecule has 1 aliphatic carbocycles. The molecule has 0 spiro atoms. The van der Waals surface area contributed by atoms with Crippen LogP contribution in [0.15, 0.2) is 118 Å². The van der Waals surface area contributed by atoms with Gasteiger partial charge in [0.15, 0.2) is 5.78 Å². The summed E-state index contributed by atoms with van der Waals surface area (Å²) >= 11 is 0. The number of hydrogen-bond acceptors (Lipinski definition) is 5. The van der Waals surface area contributed by atoms with Crippen LogP contribution in [0.4, 0.5) is 11.4 Å². The number of carbonyl (C=O) groups is 1. The van der Waals surface area contributed by atoms with Crippen molar-refractivity contribution in [3.8, 4) is 11.5 Å². The molecule has 2 N–H and O–H groups in total.